The molecule has 4 aliphatic carbocycles. The zero-order valence-electron chi connectivity index (χ0n) is 25.1. The second-order valence-electron chi connectivity index (χ2n) is 14.8. The Morgan fingerprint density at radius 1 is 1.13 bits per heavy atom. The number of hydrogen-bond acceptors (Lipinski definition) is 4. The SMILES string of the molecule is C=C(CCC(C(=O)O)[C@H]1[C@H](O)C[C@@]2(C)C3=CC[C@H]4C(C)(C)C(OC(C)=O)CC[C@]4(C)C3CC[C@]12C)C(C)C. The summed E-state index contributed by atoms with van der Waals surface area (Å²) >= 11 is 0. The van der Waals surface area contributed by atoms with Gasteiger partial charge in [-0.05, 0) is 85.4 Å². The molecular formula is C33H52O5. The average Bonchev–Trinajstić information content (AvgIpc) is 3.01. The topological polar surface area (TPSA) is 83.8 Å². The van der Waals surface area contributed by atoms with E-state index in [-0.39, 0.29) is 39.7 Å². The number of aliphatic hydroxyl groups excluding tert-OH is 1. The number of carbonyl (C=O) groups excluding carboxylic acids is 1. The van der Waals surface area contributed by atoms with Crippen molar-refractivity contribution in [1.82, 2.24) is 0 Å². The van der Waals surface area contributed by atoms with E-state index in [0.717, 1.165) is 37.7 Å². The van der Waals surface area contributed by atoms with Gasteiger partial charge < -0.3 is 14.9 Å². The van der Waals surface area contributed by atoms with Gasteiger partial charge in [0.1, 0.15) is 6.10 Å². The summed E-state index contributed by atoms with van der Waals surface area (Å²) in [4.78, 5) is 24.5. The number of esters is 1. The molecule has 0 radical (unpaired) electrons. The highest BCUT2D eigenvalue weighted by Gasteiger charge is 2.68. The number of carboxylic acids is 1. The van der Waals surface area contributed by atoms with E-state index in [0.29, 0.717) is 37.0 Å². The number of aliphatic carboxylic acids is 1. The zero-order chi connectivity index (χ0) is 28.4. The first kappa shape index (κ1) is 29.4. The summed E-state index contributed by atoms with van der Waals surface area (Å²) in [5, 5.41) is 21.9. The zero-order valence-corrected chi connectivity index (χ0v) is 25.1. The molecule has 0 aromatic carbocycles. The second kappa shape index (κ2) is 9.78. The van der Waals surface area contributed by atoms with Gasteiger partial charge in [0.2, 0.25) is 0 Å². The molecule has 5 nitrogen and oxygen atoms in total. The van der Waals surface area contributed by atoms with Crippen LogP contribution in [0.4, 0.5) is 0 Å². The Morgan fingerprint density at radius 2 is 1.79 bits per heavy atom. The Kier molecular flexibility index (Phi) is 7.56. The number of fused-ring (bicyclic) bond motifs is 5. The molecule has 0 spiro atoms. The van der Waals surface area contributed by atoms with Crippen molar-refractivity contribution >= 4 is 11.9 Å². The Labute approximate surface area is 230 Å². The fourth-order valence-electron chi connectivity index (χ4n) is 10.0. The summed E-state index contributed by atoms with van der Waals surface area (Å²) in [5.41, 5.74) is 2.02. The van der Waals surface area contributed by atoms with Crippen molar-refractivity contribution in [3.63, 3.8) is 0 Å². The van der Waals surface area contributed by atoms with Crippen molar-refractivity contribution < 1.29 is 24.5 Å². The fraction of sp³-hybridized carbons (Fsp3) is 0.818. The van der Waals surface area contributed by atoms with Gasteiger partial charge in [-0.25, -0.2) is 0 Å². The van der Waals surface area contributed by atoms with Gasteiger partial charge in [0.15, 0.2) is 0 Å². The quantitative estimate of drug-likeness (QED) is 0.270. The van der Waals surface area contributed by atoms with Gasteiger partial charge in [0.05, 0.1) is 12.0 Å². The molecule has 0 heterocycles. The van der Waals surface area contributed by atoms with Gasteiger partial charge >= 0.3 is 11.9 Å². The average molecular weight is 529 g/mol. The predicted octanol–water partition coefficient (Wildman–Crippen LogP) is 7.19. The van der Waals surface area contributed by atoms with Gasteiger partial charge in [-0.3, -0.25) is 9.59 Å². The molecule has 5 heteroatoms. The van der Waals surface area contributed by atoms with Crippen LogP contribution in [0.2, 0.25) is 0 Å². The van der Waals surface area contributed by atoms with Gasteiger partial charge in [-0.1, -0.05) is 72.3 Å². The molecule has 0 aromatic heterocycles. The van der Waals surface area contributed by atoms with E-state index in [2.05, 4.69) is 61.1 Å². The van der Waals surface area contributed by atoms with Crippen molar-refractivity contribution in [3.05, 3.63) is 23.8 Å². The monoisotopic (exact) mass is 528 g/mol. The van der Waals surface area contributed by atoms with Gasteiger partial charge in [-0.15, -0.1) is 0 Å². The van der Waals surface area contributed by atoms with Crippen LogP contribution in [0.1, 0.15) is 107 Å². The Balaban J connectivity index is 1.68. The maximum atomic E-state index is 12.6. The molecule has 0 aliphatic heterocycles. The smallest absolute Gasteiger partial charge is 0.306 e. The van der Waals surface area contributed by atoms with Crippen LogP contribution in [0.15, 0.2) is 23.8 Å². The first-order chi connectivity index (χ1) is 17.5. The summed E-state index contributed by atoms with van der Waals surface area (Å²) in [6, 6.07) is 0. The van der Waals surface area contributed by atoms with Crippen LogP contribution in [0, 0.1) is 51.2 Å². The number of allylic oxidation sites excluding steroid dienone is 3. The van der Waals surface area contributed by atoms with E-state index in [1.165, 1.54) is 12.5 Å². The standard InChI is InChI=1S/C33H52O5/c1-19(2)20(3)10-11-22(29(36)37)28-25(35)18-33(9)24-12-13-26-30(5,6)27(38-21(4)34)15-16-31(26,7)23(24)14-17-32(28,33)8/h12,19,22-23,25-28,35H,3,10-11,13-18H2,1-2,4-9H3,(H,36,37)/t22?,23?,25-,26+,27?,28+,31-,32-,33+/m1/s1. The highest BCUT2D eigenvalue weighted by molar-refractivity contribution is 5.71. The van der Waals surface area contributed by atoms with E-state index in [4.69, 9.17) is 4.74 Å². The molecular weight excluding hydrogens is 476 g/mol. The van der Waals surface area contributed by atoms with Gasteiger partial charge in [-0.2, -0.15) is 0 Å². The molecule has 0 aromatic rings. The maximum absolute atomic E-state index is 12.6. The third-order valence-corrected chi connectivity index (χ3v) is 12.5. The molecule has 9 atom stereocenters. The Bertz CT molecular complexity index is 1010. The van der Waals surface area contributed by atoms with Crippen molar-refractivity contribution in [3.8, 4) is 0 Å². The number of carbonyl (C=O) groups is 2. The minimum atomic E-state index is -0.784. The molecule has 0 saturated heterocycles. The Hall–Kier alpha value is -1.62. The molecule has 3 fully saturated rings. The van der Waals surface area contributed by atoms with Crippen molar-refractivity contribution in [1.29, 1.82) is 0 Å². The number of carboxylic acid groups (broad SMARTS) is 1. The van der Waals surface area contributed by atoms with E-state index < -0.39 is 18.0 Å². The lowest BCUT2D eigenvalue weighted by Gasteiger charge is -2.64. The minimum absolute atomic E-state index is 0.0629. The van der Waals surface area contributed by atoms with Crippen LogP contribution in [0.25, 0.3) is 0 Å². The second-order valence-corrected chi connectivity index (χ2v) is 14.8. The minimum Gasteiger partial charge on any atom is -0.481 e. The highest BCUT2D eigenvalue weighted by Crippen LogP contribution is 2.73. The maximum Gasteiger partial charge on any atom is 0.306 e. The number of hydrogen-bond donors (Lipinski definition) is 2. The summed E-state index contributed by atoms with van der Waals surface area (Å²) in [6.45, 7) is 21.5. The molecule has 0 amide bonds. The normalized spacial score (nSPS) is 42.4. The molecule has 4 aliphatic rings. The first-order valence-corrected chi connectivity index (χ1v) is 15.0. The van der Waals surface area contributed by atoms with Gasteiger partial charge in [0.25, 0.3) is 0 Å². The molecule has 3 unspecified atom stereocenters. The summed E-state index contributed by atoms with van der Waals surface area (Å²) in [6.07, 6.45) is 8.41. The molecule has 0 bridgehead atoms. The molecule has 214 valence electrons. The molecule has 38 heavy (non-hydrogen) atoms. The summed E-state index contributed by atoms with van der Waals surface area (Å²) < 4.78 is 5.82. The van der Waals surface area contributed by atoms with Gasteiger partial charge in [0, 0.05) is 18.3 Å². The van der Waals surface area contributed by atoms with Crippen molar-refractivity contribution in [2.24, 2.45) is 51.2 Å². The highest BCUT2D eigenvalue weighted by atomic mass is 16.5. The van der Waals surface area contributed by atoms with Crippen LogP contribution in [0.3, 0.4) is 0 Å². The van der Waals surface area contributed by atoms with Crippen LogP contribution >= 0.6 is 0 Å². The third-order valence-electron chi connectivity index (χ3n) is 12.5. The predicted molar refractivity (Wildman–Crippen MR) is 150 cm³/mol. The van der Waals surface area contributed by atoms with Crippen LogP contribution in [0.5, 0.6) is 0 Å². The lowest BCUT2D eigenvalue weighted by Crippen LogP contribution is -2.58. The molecule has 2 N–H and O–H groups in total. The van der Waals surface area contributed by atoms with E-state index in [1.54, 1.807) is 0 Å². The van der Waals surface area contributed by atoms with Crippen molar-refractivity contribution in [2.75, 3.05) is 0 Å². The summed E-state index contributed by atoms with van der Waals surface area (Å²) in [7, 11) is 0. The first-order valence-electron chi connectivity index (χ1n) is 15.0. The van der Waals surface area contributed by atoms with Crippen LogP contribution in [-0.4, -0.2) is 34.4 Å². The lowest BCUT2D eigenvalue weighted by atomic mass is 9.41. The van der Waals surface area contributed by atoms with E-state index >= 15 is 0 Å². The van der Waals surface area contributed by atoms with Crippen molar-refractivity contribution in [2.45, 2.75) is 119 Å². The largest absolute Gasteiger partial charge is 0.481 e. The summed E-state index contributed by atoms with van der Waals surface area (Å²) in [5.74, 6) is -0.680. The van der Waals surface area contributed by atoms with E-state index in [1.807, 2.05) is 0 Å². The van der Waals surface area contributed by atoms with Crippen LogP contribution in [-0.2, 0) is 14.3 Å². The number of ether oxygens (including phenoxy) is 1. The number of rotatable bonds is 7. The fourth-order valence-corrected chi connectivity index (χ4v) is 10.0. The molecule has 4 rings (SSSR count). The third kappa shape index (κ3) is 4.30. The van der Waals surface area contributed by atoms with E-state index in [9.17, 15) is 19.8 Å². The lowest BCUT2D eigenvalue weighted by molar-refractivity contribution is -0.175. The number of aliphatic hydroxyl groups is 1. The molecule has 3 saturated carbocycles. The Morgan fingerprint density at radius 3 is 2.37 bits per heavy atom. The van der Waals surface area contributed by atoms with Crippen LogP contribution < -0.4 is 0 Å².